The first-order valence-electron chi connectivity index (χ1n) is 6.93. The van der Waals surface area contributed by atoms with Gasteiger partial charge in [-0.2, -0.15) is 0 Å². The Kier molecular flexibility index (Phi) is 5.35. The summed E-state index contributed by atoms with van der Waals surface area (Å²) in [5.74, 6) is 0.0651. The summed E-state index contributed by atoms with van der Waals surface area (Å²) in [5.41, 5.74) is 0. The minimum Gasteiger partial charge on any atom is -0.489 e. The number of hydrogen-bond donors (Lipinski definition) is 1. The quantitative estimate of drug-likeness (QED) is 0.899. The van der Waals surface area contributed by atoms with E-state index in [2.05, 4.69) is 5.32 Å². The van der Waals surface area contributed by atoms with Crippen LogP contribution in [0.1, 0.15) is 19.8 Å². The SMILES string of the molecule is C[C@@H](CNC(=O)[C@H]1CCCOC1)Oc1cccc(F)c1. The maximum absolute atomic E-state index is 13.0. The molecule has 110 valence electrons. The Balaban J connectivity index is 1.74. The van der Waals surface area contributed by atoms with Gasteiger partial charge in [0.2, 0.25) is 5.91 Å². The van der Waals surface area contributed by atoms with Crippen LogP contribution in [0.2, 0.25) is 0 Å². The first-order chi connectivity index (χ1) is 9.65. The lowest BCUT2D eigenvalue weighted by molar-refractivity contribution is -0.129. The van der Waals surface area contributed by atoms with E-state index in [1.54, 1.807) is 12.1 Å². The smallest absolute Gasteiger partial charge is 0.225 e. The first kappa shape index (κ1) is 14.8. The number of hydrogen-bond acceptors (Lipinski definition) is 3. The van der Waals surface area contributed by atoms with Crippen molar-refractivity contribution in [1.29, 1.82) is 0 Å². The predicted octanol–water partition coefficient (Wildman–Crippen LogP) is 2.14. The largest absolute Gasteiger partial charge is 0.489 e. The fourth-order valence-electron chi connectivity index (χ4n) is 2.15. The average Bonchev–Trinajstić information content (AvgIpc) is 2.46. The van der Waals surface area contributed by atoms with Crippen LogP contribution in [-0.2, 0) is 9.53 Å². The third-order valence-corrected chi connectivity index (χ3v) is 3.23. The topological polar surface area (TPSA) is 47.6 Å². The van der Waals surface area contributed by atoms with E-state index in [4.69, 9.17) is 9.47 Å². The molecule has 2 rings (SSSR count). The Labute approximate surface area is 118 Å². The third kappa shape index (κ3) is 4.49. The van der Waals surface area contributed by atoms with Crippen molar-refractivity contribution in [3.63, 3.8) is 0 Å². The minimum absolute atomic E-state index is 0.000563. The van der Waals surface area contributed by atoms with Gasteiger partial charge in [-0.1, -0.05) is 6.07 Å². The molecule has 1 aliphatic heterocycles. The molecule has 1 aromatic carbocycles. The first-order valence-corrected chi connectivity index (χ1v) is 6.93. The summed E-state index contributed by atoms with van der Waals surface area (Å²) in [6.07, 6.45) is 1.57. The molecule has 0 aromatic heterocycles. The van der Waals surface area contributed by atoms with Crippen molar-refractivity contribution in [1.82, 2.24) is 5.32 Å². The van der Waals surface area contributed by atoms with E-state index in [-0.39, 0.29) is 23.7 Å². The predicted molar refractivity (Wildman–Crippen MR) is 73.0 cm³/mol. The van der Waals surface area contributed by atoms with Crippen LogP contribution < -0.4 is 10.1 Å². The number of ether oxygens (including phenoxy) is 2. The Hall–Kier alpha value is -1.62. The van der Waals surface area contributed by atoms with Crippen LogP contribution in [0, 0.1) is 11.7 Å². The lowest BCUT2D eigenvalue weighted by Gasteiger charge is -2.22. The molecule has 1 N–H and O–H groups in total. The standard InChI is InChI=1S/C15H20FNO3/c1-11(20-14-6-2-5-13(16)8-14)9-17-15(18)12-4-3-7-19-10-12/h2,5-6,8,11-12H,3-4,7,9-10H2,1H3,(H,17,18)/t11-,12-/m0/s1. The summed E-state index contributed by atoms with van der Waals surface area (Å²) in [4.78, 5) is 11.9. The van der Waals surface area contributed by atoms with E-state index in [9.17, 15) is 9.18 Å². The van der Waals surface area contributed by atoms with Gasteiger partial charge in [0.25, 0.3) is 0 Å². The zero-order valence-electron chi connectivity index (χ0n) is 11.6. The van der Waals surface area contributed by atoms with Crippen LogP contribution in [0.3, 0.4) is 0 Å². The van der Waals surface area contributed by atoms with E-state index < -0.39 is 0 Å². The normalized spacial score (nSPS) is 20.2. The highest BCUT2D eigenvalue weighted by Gasteiger charge is 2.21. The minimum atomic E-state index is -0.335. The maximum Gasteiger partial charge on any atom is 0.225 e. The number of halogens is 1. The van der Waals surface area contributed by atoms with Crippen molar-refractivity contribution >= 4 is 5.91 Å². The van der Waals surface area contributed by atoms with Gasteiger partial charge in [-0.3, -0.25) is 4.79 Å². The highest BCUT2D eigenvalue weighted by molar-refractivity contribution is 5.78. The van der Waals surface area contributed by atoms with Gasteiger partial charge in [0.1, 0.15) is 17.7 Å². The number of amides is 1. The van der Waals surface area contributed by atoms with Crippen molar-refractivity contribution < 1.29 is 18.7 Å². The second-order valence-corrected chi connectivity index (χ2v) is 5.05. The van der Waals surface area contributed by atoms with Crippen molar-refractivity contribution in [2.45, 2.75) is 25.9 Å². The van der Waals surface area contributed by atoms with E-state index in [1.807, 2.05) is 6.92 Å². The van der Waals surface area contributed by atoms with Gasteiger partial charge in [-0.15, -0.1) is 0 Å². The third-order valence-electron chi connectivity index (χ3n) is 3.23. The average molecular weight is 281 g/mol. The maximum atomic E-state index is 13.0. The molecule has 1 amide bonds. The summed E-state index contributed by atoms with van der Waals surface area (Å²) >= 11 is 0. The molecule has 0 unspecified atom stereocenters. The van der Waals surface area contributed by atoms with Crippen LogP contribution in [0.25, 0.3) is 0 Å². The van der Waals surface area contributed by atoms with Crippen molar-refractivity contribution in [2.24, 2.45) is 5.92 Å². The van der Waals surface area contributed by atoms with E-state index in [1.165, 1.54) is 12.1 Å². The molecule has 0 aliphatic carbocycles. The second kappa shape index (κ2) is 7.24. The molecular formula is C15H20FNO3. The molecule has 1 saturated heterocycles. The highest BCUT2D eigenvalue weighted by atomic mass is 19.1. The zero-order valence-corrected chi connectivity index (χ0v) is 11.6. The van der Waals surface area contributed by atoms with E-state index >= 15 is 0 Å². The van der Waals surface area contributed by atoms with Crippen LogP contribution >= 0.6 is 0 Å². The number of benzene rings is 1. The van der Waals surface area contributed by atoms with E-state index in [0.29, 0.717) is 18.9 Å². The van der Waals surface area contributed by atoms with Gasteiger partial charge in [-0.25, -0.2) is 4.39 Å². The summed E-state index contributed by atoms with van der Waals surface area (Å²) < 4.78 is 23.8. The Morgan fingerprint density at radius 2 is 2.45 bits per heavy atom. The molecule has 20 heavy (non-hydrogen) atoms. The van der Waals surface area contributed by atoms with Crippen LogP contribution in [-0.4, -0.2) is 31.8 Å². The van der Waals surface area contributed by atoms with Gasteiger partial charge in [0.15, 0.2) is 0 Å². The summed E-state index contributed by atoms with van der Waals surface area (Å²) in [6.45, 7) is 3.46. The van der Waals surface area contributed by atoms with Gasteiger partial charge >= 0.3 is 0 Å². The molecule has 0 saturated carbocycles. The molecule has 1 aromatic rings. The highest BCUT2D eigenvalue weighted by Crippen LogP contribution is 2.15. The molecule has 4 nitrogen and oxygen atoms in total. The van der Waals surface area contributed by atoms with Crippen LogP contribution in [0.4, 0.5) is 4.39 Å². The molecule has 1 aliphatic rings. The fourth-order valence-corrected chi connectivity index (χ4v) is 2.15. The summed E-state index contributed by atoms with van der Waals surface area (Å²) in [5, 5.41) is 2.85. The van der Waals surface area contributed by atoms with Crippen molar-refractivity contribution in [2.75, 3.05) is 19.8 Å². The Morgan fingerprint density at radius 1 is 1.60 bits per heavy atom. The monoisotopic (exact) mass is 281 g/mol. The number of carbonyl (C=O) groups excluding carboxylic acids is 1. The lowest BCUT2D eigenvalue weighted by atomic mass is 10.0. The second-order valence-electron chi connectivity index (χ2n) is 5.05. The van der Waals surface area contributed by atoms with Gasteiger partial charge in [0.05, 0.1) is 19.1 Å². The molecule has 5 heteroatoms. The number of rotatable bonds is 5. The zero-order chi connectivity index (χ0) is 14.4. The van der Waals surface area contributed by atoms with Crippen LogP contribution in [0.5, 0.6) is 5.75 Å². The molecule has 0 spiro atoms. The molecule has 2 atom stereocenters. The van der Waals surface area contributed by atoms with E-state index in [0.717, 1.165) is 19.4 Å². The summed E-state index contributed by atoms with van der Waals surface area (Å²) in [7, 11) is 0. The number of nitrogens with one attached hydrogen (secondary N) is 1. The van der Waals surface area contributed by atoms with Crippen molar-refractivity contribution in [3.8, 4) is 5.75 Å². The molecule has 1 fully saturated rings. The number of carbonyl (C=O) groups is 1. The van der Waals surface area contributed by atoms with Crippen LogP contribution in [0.15, 0.2) is 24.3 Å². The van der Waals surface area contributed by atoms with Gasteiger partial charge in [-0.05, 0) is 31.9 Å². The molecule has 0 radical (unpaired) electrons. The fraction of sp³-hybridized carbons (Fsp3) is 0.533. The van der Waals surface area contributed by atoms with Gasteiger partial charge < -0.3 is 14.8 Å². The Morgan fingerprint density at radius 3 is 3.15 bits per heavy atom. The molecule has 1 heterocycles. The summed E-state index contributed by atoms with van der Waals surface area (Å²) in [6, 6.07) is 5.97. The lowest BCUT2D eigenvalue weighted by Crippen LogP contribution is -2.40. The Bertz CT molecular complexity index is 446. The van der Waals surface area contributed by atoms with Gasteiger partial charge in [0, 0.05) is 12.7 Å². The molecular weight excluding hydrogens is 261 g/mol. The molecule has 0 bridgehead atoms. The van der Waals surface area contributed by atoms with Crippen molar-refractivity contribution in [3.05, 3.63) is 30.1 Å².